The fourth-order valence-corrected chi connectivity index (χ4v) is 2.71. The summed E-state index contributed by atoms with van der Waals surface area (Å²) in [5, 5.41) is 6.85. The lowest BCUT2D eigenvalue weighted by molar-refractivity contribution is -0.124. The van der Waals surface area contributed by atoms with E-state index in [0.717, 1.165) is 17.7 Å². The lowest BCUT2D eigenvalue weighted by Crippen LogP contribution is -2.31. The molecule has 2 aromatic carbocycles. The molecule has 1 atom stereocenters. The molecule has 1 heterocycles. The monoisotopic (exact) mass is 378 g/mol. The minimum absolute atomic E-state index is 0.168. The number of hydrogen-bond donors (Lipinski definition) is 1. The van der Waals surface area contributed by atoms with Crippen LogP contribution in [0.1, 0.15) is 41.4 Å². The van der Waals surface area contributed by atoms with Gasteiger partial charge in [0, 0.05) is 0 Å². The summed E-state index contributed by atoms with van der Waals surface area (Å²) in [4.78, 5) is 28.1. The molecule has 7 heteroatoms. The summed E-state index contributed by atoms with van der Waals surface area (Å²) < 4.78 is 6.69. The van der Waals surface area contributed by atoms with Crippen molar-refractivity contribution in [2.45, 2.75) is 26.3 Å². The third kappa shape index (κ3) is 4.82. The number of aromatic nitrogens is 3. The number of hydrogen-bond acceptors (Lipinski definition) is 5. The first-order valence-electron chi connectivity index (χ1n) is 9.07. The summed E-state index contributed by atoms with van der Waals surface area (Å²) in [6, 6.07) is 14.6. The van der Waals surface area contributed by atoms with Crippen LogP contribution in [-0.2, 0) is 16.0 Å². The molecule has 0 aliphatic heterocycles. The van der Waals surface area contributed by atoms with Gasteiger partial charge in [0.15, 0.2) is 6.61 Å². The maximum absolute atomic E-state index is 12.1. The molecule has 0 bridgehead atoms. The molecule has 1 aromatic heterocycles. The average Bonchev–Trinajstić information content (AvgIpc) is 3.27. The van der Waals surface area contributed by atoms with Crippen molar-refractivity contribution >= 4 is 11.9 Å². The summed E-state index contributed by atoms with van der Waals surface area (Å²) in [6.07, 6.45) is 3.96. The van der Waals surface area contributed by atoms with Gasteiger partial charge in [0.2, 0.25) is 0 Å². The molecule has 0 unspecified atom stereocenters. The molecular formula is C21H22N4O3. The van der Waals surface area contributed by atoms with Crippen LogP contribution in [0, 0.1) is 0 Å². The Balaban J connectivity index is 1.50. The fraction of sp³-hybridized carbons (Fsp3) is 0.238. The third-order valence-electron chi connectivity index (χ3n) is 4.39. The third-order valence-corrected chi connectivity index (χ3v) is 4.39. The number of aryl methyl sites for hydroxylation is 1. The lowest BCUT2D eigenvalue weighted by Gasteiger charge is -2.15. The summed E-state index contributed by atoms with van der Waals surface area (Å²) in [6.45, 7) is 3.65. The lowest BCUT2D eigenvalue weighted by atomic mass is 10.1. The van der Waals surface area contributed by atoms with Gasteiger partial charge in [-0.1, -0.05) is 31.2 Å². The SMILES string of the molecule is CCc1ccc([C@@H](C)NC(=O)COC(=O)c2ccc(-n3cncn3)cc2)cc1. The van der Waals surface area contributed by atoms with Crippen LogP contribution in [-0.4, -0.2) is 33.2 Å². The molecule has 0 spiro atoms. The van der Waals surface area contributed by atoms with Gasteiger partial charge in [-0.2, -0.15) is 5.10 Å². The van der Waals surface area contributed by atoms with Crippen molar-refractivity contribution in [2.75, 3.05) is 6.61 Å². The van der Waals surface area contributed by atoms with Gasteiger partial charge in [0.25, 0.3) is 5.91 Å². The average molecular weight is 378 g/mol. The van der Waals surface area contributed by atoms with E-state index in [1.165, 1.54) is 11.9 Å². The predicted octanol–water partition coefficient (Wildman–Crippen LogP) is 2.86. The van der Waals surface area contributed by atoms with E-state index in [1.54, 1.807) is 35.3 Å². The second kappa shape index (κ2) is 8.94. The number of nitrogens with one attached hydrogen (secondary N) is 1. The Hall–Kier alpha value is -3.48. The minimum Gasteiger partial charge on any atom is -0.452 e. The van der Waals surface area contributed by atoms with Crippen LogP contribution < -0.4 is 5.32 Å². The quantitative estimate of drug-likeness (QED) is 0.639. The number of amides is 1. The molecular weight excluding hydrogens is 356 g/mol. The fourth-order valence-electron chi connectivity index (χ4n) is 2.71. The first kappa shape index (κ1) is 19.3. The van der Waals surface area contributed by atoms with Crippen molar-refractivity contribution < 1.29 is 14.3 Å². The molecule has 0 aliphatic rings. The zero-order valence-electron chi connectivity index (χ0n) is 15.8. The van der Waals surface area contributed by atoms with Gasteiger partial charge in [0.05, 0.1) is 17.3 Å². The molecule has 0 radical (unpaired) electrons. The van der Waals surface area contributed by atoms with Crippen LogP contribution in [0.15, 0.2) is 61.2 Å². The second-order valence-corrected chi connectivity index (χ2v) is 6.35. The highest BCUT2D eigenvalue weighted by molar-refractivity contribution is 5.91. The van der Waals surface area contributed by atoms with Gasteiger partial charge in [-0.3, -0.25) is 4.79 Å². The molecule has 1 N–H and O–H groups in total. The molecule has 0 saturated heterocycles. The zero-order valence-corrected chi connectivity index (χ0v) is 15.8. The van der Waals surface area contributed by atoms with E-state index < -0.39 is 5.97 Å². The van der Waals surface area contributed by atoms with Crippen molar-refractivity contribution in [3.8, 4) is 5.69 Å². The van der Waals surface area contributed by atoms with Gasteiger partial charge in [0.1, 0.15) is 12.7 Å². The van der Waals surface area contributed by atoms with Crippen molar-refractivity contribution in [1.29, 1.82) is 0 Å². The maximum atomic E-state index is 12.1. The first-order chi connectivity index (χ1) is 13.6. The van der Waals surface area contributed by atoms with Crippen LogP contribution >= 0.6 is 0 Å². The minimum atomic E-state index is -0.555. The number of esters is 1. The van der Waals surface area contributed by atoms with Gasteiger partial charge in [-0.25, -0.2) is 14.5 Å². The molecule has 7 nitrogen and oxygen atoms in total. The highest BCUT2D eigenvalue weighted by Gasteiger charge is 2.13. The normalized spacial score (nSPS) is 11.6. The summed E-state index contributed by atoms with van der Waals surface area (Å²) >= 11 is 0. The molecule has 3 rings (SSSR count). The van der Waals surface area contributed by atoms with Gasteiger partial charge >= 0.3 is 5.97 Å². The van der Waals surface area contributed by atoms with Crippen LogP contribution in [0.25, 0.3) is 5.69 Å². The zero-order chi connectivity index (χ0) is 19.9. The Kier molecular flexibility index (Phi) is 6.16. The molecule has 0 aliphatic carbocycles. The van der Waals surface area contributed by atoms with E-state index in [-0.39, 0.29) is 18.6 Å². The summed E-state index contributed by atoms with van der Waals surface area (Å²) in [5.41, 5.74) is 3.38. The Morgan fingerprint density at radius 1 is 1.11 bits per heavy atom. The Labute approximate surface area is 163 Å². The molecule has 3 aromatic rings. The number of carbonyl (C=O) groups is 2. The second-order valence-electron chi connectivity index (χ2n) is 6.35. The number of rotatable bonds is 7. The molecule has 0 saturated carbocycles. The van der Waals surface area contributed by atoms with Crippen molar-refractivity contribution in [2.24, 2.45) is 0 Å². The summed E-state index contributed by atoms with van der Waals surface area (Å²) in [7, 11) is 0. The van der Waals surface area contributed by atoms with E-state index in [0.29, 0.717) is 5.56 Å². The van der Waals surface area contributed by atoms with Crippen molar-refractivity contribution in [3.63, 3.8) is 0 Å². The first-order valence-corrected chi connectivity index (χ1v) is 9.07. The Morgan fingerprint density at radius 3 is 2.43 bits per heavy atom. The van der Waals surface area contributed by atoms with Gasteiger partial charge < -0.3 is 10.1 Å². The molecule has 144 valence electrons. The Bertz CT molecular complexity index is 919. The van der Waals surface area contributed by atoms with Gasteiger partial charge in [-0.05, 0) is 48.7 Å². The molecule has 0 fully saturated rings. The van der Waals surface area contributed by atoms with E-state index in [2.05, 4.69) is 22.3 Å². The Morgan fingerprint density at radius 2 is 1.82 bits per heavy atom. The predicted molar refractivity (Wildman–Crippen MR) is 104 cm³/mol. The van der Waals surface area contributed by atoms with Crippen LogP contribution in [0.5, 0.6) is 0 Å². The van der Waals surface area contributed by atoms with Crippen LogP contribution in [0.4, 0.5) is 0 Å². The van der Waals surface area contributed by atoms with Crippen LogP contribution in [0.3, 0.4) is 0 Å². The topological polar surface area (TPSA) is 86.1 Å². The number of ether oxygens (including phenoxy) is 1. The van der Waals surface area contributed by atoms with Crippen molar-refractivity contribution in [1.82, 2.24) is 20.1 Å². The number of benzene rings is 2. The maximum Gasteiger partial charge on any atom is 0.338 e. The van der Waals surface area contributed by atoms with Gasteiger partial charge in [-0.15, -0.1) is 0 Å². The highest BCUT2D eigenvalue weighted by atomic mass is 16.5. The summed E-state index contributed by atoms with van der Waals surface area (Å²) in [5.74, 6) is -0.903. The number of nitrogens with zero attached hydrogens (tertiary/aromatic N) is 3. The highest BCUT2D eigenvalue weighted by Crippen LogP contribution is 2.14. The van der Waals surface area contributed by atoms with Crippen LogP contribution in [0.2, 0.25) is 0 Å². The molecule has 28 heavy (non-hydrogen) atoms. The van der Waals surface area contributed by atoms with E-state index >= 15 is 0 Å². The number of carbonyl (C=O) groups excluding carboxylic acids is 2. The molecule has 1 amide bonds. The standard InChI is InChI=1S/C21H22N4O3/c1-3-16-4-6-17(7-5-16)15(2)24-20(26)12-28-21(27)18-8-10-19(11-9-18)25-14-22-13-23-25/h4-11,13-15H,3,12H2,1-2H3,(H,24,26)/t15-/m1/s1. The van der Waals surface area contributed by atoms with E-state index in [1.807, 2.05) is 31.2 Å². The smallest absolute Gasteiger partial charge is 0.338 e. The largest absolute Gasteiger partial charge is 0.452 e. The van der Waals surface area contributed by atoms with E-state index in [9.17, 15) is 9.59 Å². The van der Waals surface area contributed by atoms with Crippen molar-refractivity contribution in [3.05, 3.63) is 77.9 Å². The van der Waals surface area contributed by atoms with E-state index in [4.69, 9.17) is 4.74 Å².